The third-order valence-electron chi connectivity index (χ3n) is 2.83. The molecule has 0 atom stereocenters. The first-order chi connectivity index (χ1) is 8.74. The number of fused-ring (bicyclic) bond motifs is 1. The summed E-state index contributed by atoms with van der Waals surface area (Å²) in [4.78, 5) is 11.7. The minimum Gasteiger partial charge on any atom is -0.329 e. The molecule has 4 nitrogen and oxygen atoms in total. The molecule has 0 fully saturated rings. The quantitative estimate of drug-likeness (QED) is 0.748. The van der Waals surface area contributed by atoms with Gasteiger partial charge in [-0.3, -0.25) is 4.98 Å². The lowest BCUT2D eigenvalue weighted by Gasteiger charge is -2.02. The average molecular weight is 276 g/mol. The standard InChI is InChI=1S/C12H12N4S2/c1-8-14-9(7-18-8)3-5-16-11-2-4-13-6-10(11)15-12(16)17/h2,4,6-7H,3,5H2,1H3,(H,15,17). The number of aryl methyl sites for hydroxylation is 3. The molecular weight excluding hydrogens is 264 g/mol. The van der Waals surface area contributed by atoms with Crippen molar-refractivity contribution in [3.8, 4) is 0 Å². The van der Waals surface area contributed by atoms with Crippen molar-refractivity contribution in [2.24, 2.45) is 0 Å². The maximum Gasteiger partial charge on any atom is 0.178 e. The van der Waals surface area contributed by atoms with Crippen LogP contribution in [-0.4, -0.2) is 19.5 Å². The zero-order valence-corrected chi connectivity index (χ0v) is 11.5. The molecule has 3 aromatic rings. The van der Waals surface area contributed by atoms with Crippen LogP contribution < -0.4 is 0 Å². The molecule has 6 heteroatoms. The summed E-state index contributed by atoms with van der Waals surface area (Å²) in [6, 6.07) is 1.98. The van der Waals surface area contributed by atoms with Crippen LogP contribution in [0.1, 0.15) is 10.7 Å². The number of nitrogens with one attached hydrogen (secondary N) is 1. The number of aromatic amines is 1. The van der Waals surface area contributed by atoms with Crippen LogP contribution in [0.15, 0.2) is 23.8 Å². The van der Waals surface area contributed by atoms with Crippen LogP contribution in [0.5, 0.6) is 0 Å². The van der Waals surface area contributed by atoms with Crippen molar-refractivity contribution in [2.75, 3.05) is 0 Å². The van der Waals surface area contributed by atoms with Crippen LogP contribution in [0, 0.1) is 11.7 Å². The summed E-state index contributed by atoms with van der Waals surface area (Å²) in [5.74, 6) is 0. The molecule has 0 saturated heterocycles. The van der Waals surface area contributed by atoms with Gasteiger partial charge in [-0.1, -0.05) is 0 Å². The number of aromatic nitrogens is 4. The van der Waals surface area contributed by atoms with Crippen molar-refractivity contribution >= 4 is 34.6 Å². The van der Waals surface area contributed by atoms with E-state index in [1.807, 2.05) is 13.0 Å². The Balaban J connectivity index is 1.90. The molecule has 0 aliphatic carbocycles. The number of rotatable bonds is 3. The largest absolute Gasteiger partial charge is 0.329 e. The van der Waals surface area contributed by atoms with Crippen molar-refractivity contribution in [1.29, 1.82) is 0 Å². The molecule has 3 aromatic heterocycles. The van der Waals surface area contributed by atoms with Crippen molar-refractivity contribution in [1.82, 2.24) is 19.5 Å². The fourth-order valence-electron chi connectivity index (χ4n) is 1.98. The predicted molar refractivity (Wildman–Crippen MR) is 75.5 cm³/mol. The maximum atomic E-state index is 5.34. The highest BCUT2D eigenvalue weighted by atomic mass is 32.1. The second kappa shape index (κ2) is 4.62. The average Bonchev–Trinajstić information content (AvgIpc) is 2.90. The van der Waals surface area contributed by atoms with Gasteiger partial charge in [0, 0.05) is 24.5 Å². The molecule has 3 rings (SSSR count). The molecule has 0 saturated carbocycles. The summed E-state index contributed by atoms with van der Waals surface area (Å²) in [5, 5.41) is 3.21. The van der Waals surface area contributed by atoms with Crippen molar-refractivity contribution in [3.05, 3.63) is 39.3 Å². The minimum atomic E-state index is 0.741. The number of hydrogen-bond donors (Lipinski definition) is 1. The number of nitrogens with zero attached hydrogens (tertiary/aromatic N) is 3. The van der Waals surface area contributed by atoms with Crippen LogP contribution >= 0.6 is 23.6 Å². The normalized spacial score (nSPS) is 11.2. The lowest BCUT2D eigenvalue weighted by Crippen LogP contribution is -2.01. The minimum absolute atomic E-state index is 0.741. The molecule has 18 heavy (non-hydrogen) atoms. The Bertz CT molecular complexity index is 738. The fraction of sp³-hybridized carbons (Fsp3) is 0.250. The van der Waals surface area contributed by atoms with Crippen LogP contribution in [-0.2, 0) is 13.0 Å². The summed E-state index contributed by atoms with van der Waals surface area (Å²) in [5.41, 5.74) is 3.21. The first kappa shape index (κ1) is 11.6. The third kappa shape index (κ3) is 2.09. The Hall–Kier alpha value is -1.53. The Morgan fingerprint density at radius 2 is 2.39 bits per heavy atom. The zero-order valence-electron chi connectivity index (χ0n) is 9.88. The first-order valence-corrected chi connectivity index (χ1v) is 6.96. The molecule has 0 aromatic carbocycles. The molecule has 92 valence electrons. The van der Waals surface area contributed by atoms with Gasteiger partial charge < -0.3 is 9.55 Å². The molecule has 0 unspecified atom stereocenters. The van der Waals surface area contributed by atoms with Gasteiger partial charge in [0.15, 0.2) is 4.77 Å². The van der Waals surface area contributed by atoms with Crippen LogP contribution in [0.2, 0.25) is 0 Å². The van der Waals surface area contributed by atoms with Gasteiger partial charge in [-0.05, 0) is 25.2 Å². The molecule has 1 N–H and O–H groups in total. The van der Waals surface area contributed by atoms with Gasteiger partial charge >= 0.3 is 0 Å². The van der Waals surface area contributed by atoms with Gasteiger partial charge in [-0.15, -0.1) is 11.3 Å². The fourth-order valence-corrected chi connectivity index (χ4v) is 2.93. The second-order valence-electron chi connectivity index (χ2n) is 4.08. The van der Waals surface area contributed by atoms with Crippen LogP contribution in [0.4, 0.5) is 0 Å². The molecular formula is C12H12N4S2. The Labute approximate surface area is 113 Å². The summed E-state index contributed by atoms with van der Waals surface area (Å²) < 4.78 is 2.84. The van der Waals surface area contributed by atoms with Crippen molar-refractivity contribution in [3.63, 3.8) is 0 Å². The molecule has 0 spiro atoms. The molecule has 0 aliphatic rings. The summed E-state index contributed by atoms with van der Waals surface area (Å²) in [6.45, 7) is 2.86. The number of hydrogen-bond acceptors (Lipinski definition) is 4. The molecule has 0 amide bonds. The topological polar surface area (TPSA) is 46.5 Å². The second-order valence-corrected chi connectivity index (χ2v) is 5.53. The zero-order chi connectivity index (χ0) is 12.5. The van der Waals surface area contributed by atoms with Crippen LogP contribution in [0.25, 0.3) is 11.0 Å². The van der Waals surface area contributed by atoms with Crippen molar-refractivity contribution in [2.45, 2.75) is 19.9 Å². The van der Waals surface area contributed by atoms with Gasteiger partial charge in [0.1, 0.15) is 0 Å². The van der Waals surface area contributed by atoms with Gasteiger partial charge in [-0.2, -0.15) is 0 Å². The van der Waals surface area contributed by atoms with Gasteiger partial charge in [0.25, 0.3) is 0 Å². The van der Waals surface area contributed by atoms with Gasteiger partial charge in [0.2, 0.25) is 0 Å². The monoisotopic (exact) mass is 276 g/mol. The number of imidazole rings is 1. The lowest BCUT2D eigenvalue weighted by atomic mass is 10.3. The van der Waals surface area contributed by atoms with E-state index >= 15 is 0 Å². The Morgan fingerprint density at radius 1 is 1.50 bits per heavy atom. The van der Waals surface area contributed by atoms with E-state index in [4.69, 9.17) is 12.2 Å². The highest BCUT2D eigenvalue weighted by molar-refractivity contribution is 7.71. The van der Waals surface area contributed by atoms with E-state index in [1.165, 1.54) is 0 Å². The van der Waals surface area contributed by atoms with E-state index < -0.39 is 0 Å². The van der Waals surface area contributed by atoms with E-state index in [0.29, 0.717) is 0 Å². The van der Waals surface area contributed by atoms with Crippen molar-refractivity contribution < 1.29 is 0 Å². The number of thiazole rings is 1. The summed E-state index contributed by atoms with van der Waals surface area (Å²) in [6.07, 6.45) is 4.48. The van der Waals surface area contributed by atoms with E-state index in [9.17, 15) is 0 Å². The Morgan fingerprint density at radius 3 is 3.17 bits per heavy atom. The molecule has 3 heterocycles. The molecule has 0 bridgehead atoms. The van der Waals surface area contributed by atoms with E-state index in [1.54, 1.807) is 23.7 Å². The van der Waals surface area contributed by atoms with Gasteiger partial charge in [0.05, 0.1) is 27.9 Å². The first-order valence-electron chi connectivity index (χ1n) is 5.67. The number of pyridine rings is 1. The maximum absolute atomic E-state index is 5.34. The van der Waals surface area contributed by atoms with E-state index in [0.717, 1.165) is 39.5 Å². The number of H-pyrrole nitrogens is 1. The summed E-state index contributed by atoms with van der Waals surface area (Å²) in [7, 11) is 0. The smallest absolute Gasteiger partial charge is 0.178 e. The molecule has 0 radical (unpaired) electrons. The highest BCUT2D eigenvalue weighted by Crippen LogP contribution is 2.14. The Kier molecular flexibility index (Phi) is 2.97. The lowest BCUT2D eigenvalue weighted by molar-refractivity contribution is 0.697. The van der Waals surface area contributed by atoms with Gasteiger partial charge in [-0.25, -0.2) is 4.98 Å². The van der Waals surface area contributed by atoms with E-state index in [-0.39, 0.29) is 0 Å². The van der Waals surface area contributed by atoms with Crippen LogP contribution in [0.3, 0.4) is 0 Å². The SMILES string of the molecule is Cc1nc(CCn2c(=S)[nH]c3cnccc32)cs1. The third-order valence-corrected chi connectivity index (χ3v) is 3.98. The predicted octanol–water partition coefficient (Wildman–Crippen LogP) is 3.10. The van der Waals surface area contributed by atoms with E-state index in [2.05, 4.69) is 24.9 Å². The highest BCUT2D eigenvalue weighted by Gasteiger charge is 2.05. The molecule has 0 aliphatic heterocycles. The summed E-state index contributed by atoms with van der Waals surface area (Å²) >= 11 is 7.02.